The second-order valence-electron chi connectivity index (χ2n) is 10.5. The fourth-order valence-corrected chi connectivity index (χ4v) is 5.57. The smallest absolute Gasteiger partial charge is 0.314 e. The minimum Gasteiger partial charge on any atom is -0.493 e. The first kappa shape index (κ1) is 30.2. The molecular formula is C30H29F5N4O4. The van der Waals surface area contributed by atoms with Crippen LogP contribution in [0.15, 0.2) is 23.0 Å². The average molecular weight is 605 g/mol. The highest BCUT2D eigenvalue weighted by atomic mass is 19.2. The lowest BCUT2D eigenvalue weighted by Gasteiger charge is -2.28. The van der Waals surface area contributed by atoms with Crippen molar-refractivity contribution < 1.29 is 36.2 Å². The molecule has 1 fully saturated rings. The van der Waals surface area contributed by atoms with Crippen LogP contribution >= 0.6 is 0 Å². The molecule has 0 radical (unpaired) electrons. The molecule has 2 aromatic heterocycles. The van der Waals surface area contributed by atoms with E-state index < -0.39 is 46.7 Å². The van der Waals surface area contributed by atoms with Gasteiger partial charge in [0.1, 0.15) is 17.1 Å². The van der Waals surface area contributed by atoms with Crippen LogP contribution in [0, 0.1) is 35.0 Å². The van der Waals surface area contributed by atoms with Gasteiger partial charge in [-0.1, -0.05) is 19.4 Å². The monoisotopic (exact) mass is 604 g/mol. The molecule has 4 aromatic rings. The summed E-state index contributed by atoms with van der Waals surface area (Å²) in [5.74, 6) is -13.7. The highest BCUT2D eigenvalue weighted by Gasteiger charge is 2.33. The molecule has 0 unspecified atom stereocenters. The van der Waals surface area contributed by atoms with E-state index in [1.807, 2.05) is 26.0 Å². The lowest BCUT2D eigenvalue weighted by Crippen LogP contribution is -2.26. The summed E-state index contributed by atoms with van der Waals surface area (Å²) < 4.78 is 80.4. The normalized spacial score (nSPS) is 16.9. The lowest BCUT2D eigenvalue weighted by atomic mass is 9.78. The Morgan fingerprint density at radius 1 is 1.00 bits per heavy atom. The van der Waals surface area contributed by atoms with E-state index in [0.29, 0.717) is 54.0 Å². The molecule has 2 heterocycles. The summed E-state index contributed by atoms with van der Waals surface area (Å²) >= 11 is 0. The van der Waals surface area contributed by atoms with Crippen LogP contribution in [-0.2, 0) is 18.3 Å². The van der Waals surface area contributed by atoms with Crippen molar-refractivity contribution in [3.8, 4) is 22.9 Å². The minimum absolute atomic E-state index is 0.0304. The van der Waals surface area contributed by atoms with Gasteiger partial charge < -0.3 is 14.5 Å². The summed E-state index contributed by atoms with van der Waals surface area (Å²) in [7, 11) is 1.69. The van der Waals surface area contributed by atoms with Gasteiger partial charge in [0.2, 0.25) is 34.8 Å². The second kappa shape index (κ2) is 12.1. The first-order valence-electron chi connectivity index (χ1n) is 14.0. The van der Waals surface area contributed by atoms with Crippen molar-refractivity contribution in [3.05, 3.63) is 68.9 Å². The summed E-state index contributed by atoms with van der Waals surface area (Å²) in [6.07, 6.45) is 2.97. The zero-order chi connectivity index (χ0) is 31.0. The van der Waals surface area contributed by atoms with Crippen molar-refractivity contribution in [2.75, 3.05) is 6.61 Å². The van der Waals surface area contributed by atoms with Crippen LogP contribution in [-0.4, -0.2) is 32.3 Å². The van der Waals surface area contributed by atoms with Crippen molar-refractivity contribution in [2.45, 2.75) is 58.3 Å². The number of fused-ring (bicyclic) bond motifs is 1. The van der Waals surface area contributed by atoms with Crippen LogP contribution in [0.25, 0.3) is 22.4 Å². The van der Waals surface area contributed by atoms with E-state index >= 15 is 0 Å². The van der Waals surface area contributed by atoms with Crippen LogP contribution in [0.4, 0.5) is 22.0 Å². The molecule has 43 heavy (non-hydrogen) atoms. The number of ether oxygens (including phenoxy) is 2. The summed E-state index contributed by atoms with van der Waals surface area (Å²) in [4.78, 5) is 33.3. The fourth-order valence-electron chi connectivity index (χ4n) is 5.57. The number of esters is 1. The van der Waals surface area contributed by atoms with Crippen LogP contribution in [0.1, 0.15) is 63.1 Å². The summed E-state index contributed by atoms with van der Waals surface area (Å²) in [5, 5.41) is 4.46. The van der Waals surface area contributed by atoms with E-state index in [2.05, 4.69) is 14.8 Å². The summed E-state index contributed by atoms with van der Waals surface area (Å²) in [6, 6.07) is 5.55. The third kappa shape index (κ3) is 5.59. The molecule has 0 spiro atoms. The van der Waals surface area contributed by atoms with E-state index in [1.54, 1.807) is 13.1 Å². The Morgan fingerprint density at radius 3 is 2.28 bits per heavy atom. The third-order valence-corrected chi connectivity index (χ3v) is 7.71. The lowest BCUT2D eigenvalue weighted by molar-refractivity contribution is -0.140. The first-order valence-corrected chi connectivity index (χ1v) is 14.0. The number of benzene rings is 2. The molecule has 1 aliphatic carbocycles. The molecule has 0 amide bonds. The van der Waals surface area contributed by atoms with E-state index in [4.69, 9.17) is 9.72 Å². The number of nitrogens with one attached hydrogen (secondary N) is 1. The molecule has 0 atom stereocenters. The molecule has 0 saturated heterocycles. The quantitative estimate of drug-likeness (QED) is 0.0840. The number of aryl methyl sites for hydroxylation is 2. The van der Waals surface area contributed by atoms with Gasteiger partial charge in [-0.05, 0) is 62.6 Å². The molecule has 228 valence electrons. The summed E-state index contributed by atoms with van der Waals surface area (Å²) in [5.41, 5.74) is 2.75. The molecule has 2 aromatic carbocycles. The van der Waals surface area contributed by atoms with Crippen LogP contribution in [0.5, 0.6) is 11.5 Å². The number of H-pyrrole nitrogens is 1. The average Bonchev–Trinajstić information content (AvgIpc) is 3.32. The van der Waals surface area contributed by atoms with Crippen LogP contribution < -0.4 is 15.0 Å². The zero-order valence-corrected chi connectivity index (χ0v) is 23.7. The molecule has 1 aliphatic rings. The Kier molecular flexibility index (Phi) is 8.52. The number of nitrogens with zero attached hydrogens (tertiary/aromatic N) is 3. The maximum Gasteiger partial charge on any atom is 0.314 e. The topological polar surface area (TPSA) is 99.1 Å². The SMILES string of the molecule is CCCc1nn(C)c2c(=O)[nH]c(-c3cc(C4CCC(C(=O)Oc5c(F)c(F)c(F)c(F)c5F)CC4)ccc3OCC)nc12. The minimum atomic E-state index is -2.33. The van der Waals surface area contributed by atoms with Crippen LogP contribution in [0.3, 0.4) is 0 Å². The maximum absolute atomic E-state index is 14.0. The van der Waals surface area contributed by atoms with Gasteiger partial charge in [0.25, 0.3) is 5.56 Å². The standard InChI is InChI=1S/C30H29F5N4O4/c1-4-6-18-25-26(39(3)38-18)29(40)37-28(36-25)17-13-16(11-12-19(17)42-5-2)14-7-9-15(10-8-14)30(41)43-27-23(34)21(32)20(31)22(33)24(27)35/h11-15H,4-10H2,1-3H3,(H,36,37,40). The molecule has 5 rings (SSSR count). The molecule has 13 heteroatoms. The van der Waals surface area contributed by atoms with Gasteiger partial charge in [-0.25, -0.2) is 18.2 Å². The van der Waals surface area contributed by atoms with Gasteiger partial charge in [0, 0.05) is 7.05 Å². The number of aromatic nitrogens is 4. The Hall–Kier alpha value is -4.29. The van der Waals surface area contributed by atoms with Gasteiger partial charge >= 0.3 is 5.97 Å². The fraction of sp³-hybridized carbons (Fsp3) is 0.400. The number of hydrogen-bond acceptors (Lipinski definition) is 6. The van der Waals surface area contributed by atoms with Crippen molar-refractivity contribution in [1.82, 2.24) is 19.7 Å². The van der Waals surface area contributed by atoms with E-state index in [1.165, 1.54) is 4.68 Å². The highest BCUT2D eigenvalue weighted by molar-refractivity contribution is 5.80. The Labute approximate surface area is 242 Å². The Balaban J connectivity index is 1.38. The van der Waals surface area contributed by atoms with Crippen molar-refractivity contribution in [3.63, 3.8) is 0 Å². The zero-order valence-electron chi connectivity index (χ0n) is 23.7. The van der Waals surface area contributed by atoms with Gasteiger partial charge in [0.05, 0.1) is 23.8 Å². The number of rotatable bonds is 8. The molecule has 0 bridgehead atoms. The predicted molar refractivity (Wildman–Crippen MR) is 146 cm³/mol. The Bertz CT molecular complexity index is 1730. The van der Waals surface area contributed by atoms with E-state index in [9.17, 15) is 31.5 Å². The van der Waals surface area contributed by atoms with Gasteiger partial charge in [-0.3, -0.25) is 14.3 Å². The largest absolute Gasteiger partial charge is 0.493 e. The Morgan fingerprint density at radius 2 is 1.65 bits per heavy atom. The highest BCUT2D eigenvalue weighted by Crippen LogP contribution is 2.40. The second-order valence-corrected chi connectivity index (χ2v) is 10.5. The number of carbonyl (C=O) groups is 1. The van der Waals surface area contributed by atoms with Gasteiger partial charge in [-0.2, -0.15) is 13.9 Å². The molecule has 8 nitrogen and oxygen atoms in total. The van der Waals surface area contributed by atoms with E-state index in [0.717, 1.165) is 17.7 Å². The molecule has 1 saturated carbocycles. The number of carbonyl (C=O) groups excluding carboxylic acids is 1. The molecule has 0 aliphatic heterocycles. The summed E-state index contributed by atoms with van der Waals surface area (Å²) in [6.45, 7) is 4.23. The number of hydrogen-bond donors (Lipinski definition) is 1. The molecular weight excluding hydrogens is 575 g/mol. The van der Waals surface area contributed by atoms with Crippen molar-refractivity contribution in [2.24, 2.45) is 13.0 Å². The number of aromatic amines is 1. The predicted octanol–water partition coefficient (Wildman–Crippen LogP) is 6.25. The number of halogens is 5. The van der Waals surface area contributed by atoms with Gasteiger partial charge in [0.15, 0.2) is 5.52 Å². The maximum atomic E-state index is 14.0. The van der Waals surface area contributed by atoms with Crippen molar-refractivity contribution in [1.29, 1.82) is 0 Å². The molecule has 1 N–H and O–H groups in total. The first-order chi connectivity index (χ1) is 20.5. The van der Waals surface area contributed by atoms with Crippen LogP contribution in [0.2, 0.25) is 0 Å². The van der Waals surface area contributed by atoms with E-state index in [-0.39, 0.29) is 24.3 Å². The van der Waals surface area contributed by atoms with Crippen molar-refractivity contribution >= 4 is 17.0 Å². The van der Waals surface area contributed by atoms with Gasteiger partial charge in [-0.15, -0.1) is 0 Å². The third-order valence-electron chi connectivity index (χ3n) is 7.71.